The Morgan fingerprint density at radius 2 is 2.12 bits per heavy atom. The zero-order valence-electron chi connectivity index (χ0n) is 9.40. The van der Waals surface area contributed by atoms with Gasteiger partial charge in [0.05, 0.1) is 6.10 Å². The Labute approximate surface area is 101 Å². The molecule has 1 aromatic rings. The summed E-state index contributed by atoms with van der Waals surface area (Å²) in [5, 5.41) is 13.2. The Bertz CT molecular complexity index is 362. The SMILES string of the molecule is CC1(C)CC([C@H](O)c2cccc(F)c2)N1.Cl. The van der Waals surface area contributed by atoms with Crippen LogP contribution in [-0.4, -0.2) is 16.7 Å². The van der Waals surface area contributed by atoms with E-state index in [1.54, 1.807) is 12.1 Å². The quantitative estimate of drug-likeness (QED) is 0.839. The van der Waals surface area contributed by atoms with Crippen LogP contribution in [-0.2, 0) is 0 Å². The van der Waals surface area contributed by atoms with Crippen molar-refractivity contribution < 1.29 is 9.50 Å². The van der Waals surface area contributed by atoms with E-state index in [0.717, 1.165) is 6.42 Å². The van der Waals surface area contributed by atoms with Gasteiger partial charge in [0.15, 0.2) is 0 Å². The van der Waals surface area contributed by atoms with E-state index in [-0.39, 0.29) is 29.8 Å². The van der Waals surface area contributed by atoms with Gasteiger partial charge < -0.3 is 10.4 Å². The normalized spacial score (nSPS) is 24.1. The highest BCUT2D eigenvalue weighted by Crippen LogP contribution is 2.32. The van der Waals surface area contributed by atoms with E-state index in [2.05, 4.69) is 19.2 Å². The molecule has 1 fully saturated rings. The van der Waals surface area contributed by atoms with Crippen molar-refractivity contribution in [3.8, 4) is 0 Å². The molecule has 0 radical (unpaired) electrons. The van der Waals surface area contributed by atoms with Crippen LogP contribution in [0.1, 0.15) is 31.9 Å². The van der Waals surface area contributed by atoms with Crippen LogP contribution in [0.4, 0.5) is 4.39 Å². The van der Waals surface area contributed by atoms with Crippen LogP contribution in [0.5, 0.6) is 0 Å². The van der Waals surface area contributed by atoms with Crippen molar-refractivity contribution in [3.05, 3.63) is 35.6 Å². The number of halogens is 2. The predicted molar refractivity (Wildman–Crippen MR) is 64.2 cm³/mol. The lowest BCUT2D eigenvalue weighted by Gasteiger charge is -2.46. The fraction of sp³-hybridized carbons (Fsp3) is 0.500. The van der Waals surface area contributed by atoms with Crippen LogP contribution in [0.25, 0.3) is 0 Å². The Kier molecular flexibility index (Phi) is 3.94. The monoisotopic (exact) mass is 245 g/mol. The van der Waals surface area contributed by atoms with Gasteiger partial charge in [-0.2, -0.15) is 0 Å². The highest BCUT2D eigenvalue weighted by atomic mass is 35.5. The molecule has 1 heterocycles. The molecule has 1 unspecified atom stereocenters. The lowest BCUT2D eigenvalue weighted by molar-refractivity contribution is 0.0388. The van der Waals surface area contributed by atoms with Gasteiger partial charge in [0, 0.05) is 11.6 Å². The summed E-state index contributed by atoms with van der Waals surface area (Å²) < 4.78 is 12.9. The maximum Gasteiger partial charge on any atom is 0.123 e. The number of rotatable bonds is 2. The Morgan fingerprint density at radius 3 is 2.62 bits per heavy atom. The molecule has 1 aliphatic heterocycles. The van der Waals surface area contributed by atoms with E-state index < -0.39 is 6.10 Å². The first kappa shape index (κ1) is 13.4. The molecule has 0 aromatic heterocycles. The second-order valence-electron chi connectivity index (χ2n) is 4.84. The van der Waals surface area contributed by atoms with Gasteiger partial charge in [-0.05, 0) is 38.0 Å². The Morgan fingerprint density at radius 1 is 1.50 bits per heavy atom. The van der Waals surface area contributed by atoms with Gasteiger partial charge in [0.25, 0.3) is 0 Å². The molecule has 0 aliphatic carbocycles. The molecule has 2 N–H and O–H groups in total. The van der Waals surface area contributed by atoms with Crippen molar-refractivity contribution in [1.82, 2.24) is 5.32 Å². The van der Waals surface area contributed by atoms with E-state index in [1.807, 2.05) is 0 Å². The van der Waals surface area contributed by atoms with Crippen molar-refractivity contribution in [2.75, 3.05) is 0 Å². The molecule has 0 saturated carbocycles. The van der Waals surface area contributed by atoms with Gasteiger partial charge in [-0.25, -0.2) is 4.39 Å². The van der Waals surface area contributed by atoms with Crippen molar-refractivity contribution >= 4 is 12.4 Å². The minimum Gasteiger partial charge on any atom is -0.387 e. The number of aliphatic hydroxyl groups excluding tert-OH is 1. The lowest BCUT2D eigenvalue weighted by Crippen LogP contribution is -2.61. The van der Waals surface area contributed by atoms with Gasteiger partial charge in [-0.3, -0.25) is 0 Å². The summed E-state index contributed by atoms with van der Waals surface area (Å²) in [6.07, 6.45) is 0.290. The largest absolute Gasteiger partial charge is 0.387 e. The number of hydrogen-bond donors (Lipinski definition) is 2. The summed E-state index contributed by atoms with van der Waals surface area (Å²) in [4.78, 5) is 0. The first-order chi connectivity index (χ1) is 6.98. The van der Waals surface area contributed by atoms with Crippen LogP contribution in [0, 0.1) is 5.82 Å². The summed E-state index contributed by atoms with van der Waals surface area (Å²) in [6.45, 7) is 4.17. The molecule has 1 aromatic carbocycles. The molecule has 0 amide bonds. The average Bonchev–Trinajstić information content (AvgIpc) is 2.13. The maximum absolute atomic E-state index is 12.9. The lowest BCUT2D eigenvalue weighted by atomic mass is 9.80. The van der Waals surface area contributed by atoms with E-state index >= 15 is 0 Å². The van der Waals surface area contributed by atoms with E-state index in [9.17, 15) is 9.50 Å². The fourth-order valence-corrected chi connectivity index (χ4v) is 2.14. The van der Waals surface area contributed by atoms with Crippen molar-refractivity contribution in [3.63, 3.8) is 0 Å². The Hall–Kier alpha value is -0.640. The van der Waals surface area contributed by atoms with Crippen LogP contribution >= 0.6 is 12.4 Å². The third-order valence-corrected chi connectivity index (χ3v) is 2.88. The molecule has 2 nitrogen and oxygen atoms in total. The zero-order valence-corrected chi connectivity index (χ0v) is 10.2. The summed E-state index contributed by atoms with van der Waals surface area (Å²) in [7, 11) is 0. The molecule has 2 rings (SSSR count). The van der Waals surface area contributed by atoms with Gasteiger partial charge in [-0.1, -0.05) is 12.1 Å². The summed E-state index contributed by atoms with van der Waals surface area (Å²) in [5.41, 5.74) is 0.738. The highest BCUT2D eigenvalue weighted by molar-refractivity contribution is 5.85. The van der Waals surface area contributed by atoms with Gasteiger partial charge >= 0.3 is 0 Å². The molecular formula is C12H17ClFNO. The smallest absolute Gasteiger partial charge is 0.123 e. The second-order valence-corrected chi connectivity index (χ2v) is 4.84. The molecular weight excluding hydrogens is 229 g/mol. The molecule has 0 bridgehead atoms. The first-order valence-corrected chi connectivity index (χ1v) is 5.19. The molecule has 0 spiro atoms. The van der Waals surface area contributed by atoms with Gasteiger partial charge in [0.1, 0.15) is 5.82 Å². The topological polar surface area (TPSA) is 32.3 Å². The minimum atomic E-state index is -0.617. The molecule has 90 valence electrons. The van der Waals surface area contributed by atoms with Crippen molar-refractivity contribution in [1.29, 1.82) is 0 Å². The van der Waals surface area contributed by atoms with Gasteiger partial charge in [0.2, 0.25) is 0 Å². The molecule has 1 saturated heterocycles. The van der Waals surface area contributed by atoms with Crippen molar-refractivity contribution in [2.24, 2.45) is 0 Å². The van der Waals surface area contributed by atoms with Crippen LogP contribution in [0.3, 0.4) is 0 Å². The molecule has 16 heavy (non-hydrogen) atoms. The summed E-state index contributed by atoms with van der Waals surface area (Å²) in [5.74, 6) is -0.301. The second kappa shape index (κ2) is 4.70. The number of nitrogens with one attached hydrogen (secondary N) is 1. The number of aliphatic hydroxyl groups is 1. The van der Waals surface area contributed by atoms with Crippen LogP contribution < -0.4 is 5.32 Å². The fourth-order valence-electron chi connectivity index (χ4n) is 2.14. The number of hydrogen-bond acceptors (Lipinski definition) is 2. The number of benzene rings is 1. The highest BCUT2D eigenvalue weighted by Gasteiger charge is 2.39. The first-order valence-electron chi connectivity index (χ1n) is 5.19. The van der Waals surface area contributed by atoms with E-state index in [4.69, 9.17) is 0 Å². The van der Waals surface area contributed by atoms with E-state index in [0.29, 0.717) is 5.56 Å². The standard InChI is InChI=1S/C12H16FNO.ClH/c1-12(2)7-10(14-12)11(15)8-4-3-5-9(13)6-8;/h3-6,10-11,14-15H,7H2,1-2H3;1H/t10?,11-;/m1./s1. The Balaban J connectivity index is 0.00000128. The third-order valence-electron chi connectivity index (χ3n) is 2.88. The van der Waals surface area contributed by atoms with Crippen molar-refractivity contribution in [2.45, 2.75) is 38.0 Å². The van der Waals surface area contributed by atoms with Crippen LogP contribution in [0.15, 0.2) is 24.3 Å². The summed E-state index contributed by atoms with van der Waals surface area (Å²) in [6, 6.07) is 6.19. The summed E-state index contributed by atoms with van der Waals surface area (Å²) >= 11 is 0. The van der Waals surface area contributed by atoms with Gasteiger partial charge in [-0.15, -0.1) is 12.4 Å². The molecule has 2 atom stereocenters. The third kappa shape index (κ3) is 2.73. The zero-order chi connectivity index (χ0) is 11.1. The predicted octanol–water partition coefficient (Wildman–Crippen LogP) is 2.42. The van der Waals surface area contributed by atoms with E-state index in [1.165, 1.54) is 12.1 Å². The maximum atomic E-state index is 12.9. The van der Waals surface area contributed by atoms with Crippen LogP contribution in [0.2, 0.25) is 0 Å². The molecule has 4 heteroatoms. The molecule has 1 aliphatic rings. The minimum absolute atomic E-state index is 0. The average molecular weight is 246 g/mol.